The van der Waals surface area contributed by atoms with Gasteiger partial charge in [0.25, 0.3) is 0 Å². The van der Waals surface area contributed by atoms with Crippen molar-refractivity contribution in [3.05, 3.63) is 29.8 Å². The summed E-state index contributed by atoms with van der Waals surface area (Å²) in [5, 5.41) is 7.82. The van der Waals surface area contributed by atoms with Gasteiger partial charge in [0.15, 0.2) is 0 Å². The molecule has 0 spiro atoms. The van der Waals surface area contributed by atoms with Crippen LogP contribution in [0.15, 0.2) is 29.2 Å². The first-order chi connectivity index (χ1) is 11.1. The third-order valence-electron chi connectivity index (χ3n) is 3.41. The van der Waals surface area contributed by atoms with E-state index in [9.17, 15) is 18.0 Å². The zero-order valence-corrected chi connectivity index (χ0v) is 15.1. The Labute approximate surface area is 143 Å². The molecule has 0 atom stereocenters. The van der Waals surface area contributed by atoms with Gasteiger partial charge < -0.3 is 10.2 Å². The highest BCUT2D eigenvalue weighted by Gasteiger charge is 2.14. The van der Waals surface area contributed by atoms with Crippen molar-refractivity contribution in [3.8, 4) is 0 Å². The fraction of sp³-hybridized carbons (Fsp3) is 0.500. The van der Waals surface area contributed by atoms with E-state index >= 15 is 0 Å². The topological polar surface area (TPSA) is 110 Å². The van der Waals surface area contributed by atoms with Crippen molar-refractivity contribution in [2.75, 3.05) is 19.6 Å². The molecule has 0 fully saturated rings. The molecule has 0 bridgehead atoms. The van der Waals surface area contributed by atoms with Gasteiger partial charge in [-0.15, -0.1) is 0 Å². The van der Waals surface area contributed by atoms with Gasteiger partial charge in [-0.05, 0) is 30.0 Å². The first-order valence-corrected chi connectivity index (χ1v) is 9.28. The lowest BCUT2D eigenvalue weighted by Gasteiger charge is -2.21. The third-order valence-corrected chi connectivity index (χ3v) is 4.34. The van der Waals surface area contributed by atoms with Crippen LogP contribution in [-0.2, 0) is 26.0 Å². The lowest BCUT2D eigenvalue weighted by atomic mass is 10.1. The van der Waals surface area contributed by atoms with Gasteiger partial charge in [-0.3, -0.25) is 9.59 Å². The molecule has 134 valence electrons. The van der Waals surface area contributed by atoms with Crippen LogP contribution in [-0.4, -0.2) is 44.8 Å². The second-order valence-electron chi connectivity index (χ2n) is 6.08. The lowest BCUT2D eigenvalue weighted by Crippen LogP contribution is -2.41. The maximum absolute atomic E-state index is 11.8. The molecule has 0 aromatic heterocycles. The van der Waals surface area contributed by atoms with Gasteiger partial charge >= 0.3 is 0 Å². The van der Waals surface area contributed by atoms with E-state index in [4.69, 9.17) is 5.14 Å². The van der Waals surface area contributed by atoms with Gasteiger partial charge in [0, 0.05) is 20.0 Å². The Morgan fingerprint density at radius 2 is 1.79 bits per heavy atom. The summed E-state index contributed by atoms with van der Waals surface area (Å²) in [6.45, 7) is 6.36. The van der Waals surface area contributed by atoms with Crippen LogP contribution in [0.4, 0.5) is 0 Å². The van der Waals surface area contributed by atoms with Gasteiger partial charge in [-0.2, -0.15) is 0 Å². The molecule has 0 saturated heterocycles. The highest BCUT2D eigenvalue weighted by Crippen LogP contribution is 2.09. The average molecular weight is 355 g/mol. The number of nitrogens with one attached hydrogen (secondary N) is 1. The minimum atomic E-state index is -3.71. The van der Waals surface area contributed by atoms with E-state index in [0.717, 1.165) is 5.56 Å². The van der Waals surface area contributed by atoms with Crippen LogP contribution < -0.4 is 10.5 Å². The van der Waals surface area contributed by atoms with Crippen molar-refractivity contribution in [3.63, 3.8) is 0 Å². The quantitative estimate of drug-likeness (QED) is 0.707. The number of carbonyl (C=O) groups excluding carboxylic acids is 2. The maximum Gasteiger partial charge on any atom is 0.239 e. The lowest BCUT2D eigenvalue weighted by molar-refractivity contribution is -0.134. The minimum Gasteiger partial charge on any atom is -0.354 e. The number of benzene rings is 1. The number of sulfonamides is 1. The van der Waals surface area contributed by atoms with E-state index in [1.165, 1.54) is 24.0 Å². The Kier molecular flexibility index (Phi) is 7.37. The summed E-state index contributed by atoms with van der Waals surface area (Å²) in [6.07, 6.45) is 0.516. The molecule has 7 nitrogen and oxygen atoms in total. The monoisotopic (exact) mass is 355 g/mol. The molecule has 24 heavy (non-hydrogen) atoms. The molecule has 8 heteroatoms. The molecule has 0 unspecified atom stereocenters. The highest BCUT2D eigenvalue weighted by atomic mass is 32.2. The molecule has 2 amide bonds. The van der Waals surface area contributed by atoms with Gasteiger partial charge in [0.1, 0.15) is 0 Å². The highest BCUT2D eigenvalue weighted by molar-refractivity contribution is 7.89. The first kappa shape index (κ1) is 20.1. The van der Waals surface area contributed by atoms with Crippen molar-refractivity contribution in [1.29, 1.82) is 0 Å². The zero-order valence-electron chi connectivity index (χ0n) is 14.3. The van der Waals surface area contributed by atoms with Gasteiger partial charge in [-0.1, -0.05) is 26.0 Å². The molecule has 3 N–H and O–H groups in total. The summed E-state index contributed by atoms with van der Waals surface area (Å²) in [5.41, 5.74) is 0.858. The fourth-order valence-electron chi connectivity index (χ4n) is 2.00. The predicted octanol–water partition coefficient (Wildman–Crippen LogP) is 0.497. The standard InChI is InChI=1S/C16H25N3O4S/c1-12(2)10-18-16(21)11-19(13(3)20)9-8-14-4-6-15(7-5-14)24(17,22)23/h4-7,12H,8-11H2,1-3H3,(H,18,21)(H2,17,22,23). The van der Waals surface area contributed by atoms with Crippen LogP contribution in [0.5, 0.6) is 0 Å². The summed E-state index contributed by atoms with van der Waals surface area (Å²) in [7, 11) is -3.71. The molecule has 0 aliphatic heterocycles. The molecule has 1 aromatic carbocycles. The van der Waals surface area contributed by atoms with Gasteiger partial charge in [0.2, 0.25) is 21.8 Å². The number of hydrogen-bond donors (Lipinski definition) is 2. The average Bonchev–Trinajstić information content (AvgIpc) is 2.48. The minimum absolute atomic E-state index is 0.0112. The van der Waals surface area contributed by atoms with E-state index in [-0.39, 0.29) is 23.3 Å². The van der Waals surface area contributed by atoms with Crippen LogP contribution in [0, 0.1) is 5.92 Å². The number of carbonyl (C=O) groups is 2. The maximum atomic E-state index is 11.8. The molecule has 0 radical (unpaired) electrons. The van der Waals surface area contributed by atoms with Crippen LogP contribution in [0.3, 0.4) is 0 Å². The summed E-state index contributed by atoms with van der Waals surface area (Å²) < 4.78 is 22.4. The molecule has 1 aromatic rings. The van der Waals surface area contributed by atoms with E-state index in [1.807, 2.05) is 13.8 Å². The largest absolute Gasteiger partial charge is 0.354 e. The Morgan fingerprint density at radius 3 is 2.25 bits per heavy atom. The fourth-order valence-corrected chi connectivity index (χ4v) is 2.52. The summed E-state index contributed by atoms with van der Waals surface area (Å²) in [6, 6.07) is 6.16. The first-order valence-electron chi connectivity index (χ1n) is 7.73. The second kappa shape index (κ2) is 8.79. The van der Waals surface area contributed by atoms with Crippen LogP contribution >= 0.6 is 0 Å². The van der Waals surface area contributed by atoms with Crippen molar-refractivity contribution >= 4 is 21.8 Å². The molecule has 0 aliphatic carbocycles. The van der Waals surface area contributed by atoms with Crippen LogP contribution in [0.1, 0.15) is 26.3 Å². The zero-order chi connectivity index (χ0) is 18.3. The summed E-state index contributed by atoms with van der Waals surface area (Å²) in [4.78, 5) is 25.0. The Balaban J connectivity index is 2.60. The molecule has 0 saturated carbocycles. The smallest absolute Gasteiger partial charge is 0.239 e. The Hall–Kier alpha value is -1.93. The molecular formula is C16H25N3O4S. The normalized spacial score (nSPS) is 11.4. The third kappa shape index (κ3) is 7.10. The second-order valence-corrected chi connectivity index (χ2v) is 7.64. The summed E-state index contributed by atoms with van der Waals surface area (Å²) in [5.74, 6) is -0.0311. The van der Waals surface area contributed by atoms with Crippen LogP contribution in [0.2, 0.25) is 0 Å². The predicted molar refractivity (Wildman–Crippen MR) is 91.6 cm³/mol. The van der Waals surface area contributed by atoms with E-state index < -0.39 is 10.0 Å². The van der Waals surface area contributed by atoms with Crippen LogP contribution in [0.25, 0.3) is 0 Å². The molecular weight excluding hydrogens is 330 g/mol. The SMILES string of the molecule is CC(=O)N(CCc1ccc(S(N)(=O)=O)cc1)CC(=O)NCC(C)C. The summed E-state index contributed by atoms with van der Waals surface area (Å²) >= 11 is 0. The number of nitrogens with zero attached hydrogens (tertiary/aromatic N) is 1. The van der Waals surface area contributed by atoms with Gasteiger partial charge in [0.05, 0.1) is 11.4 Å². The number of hydrogen-bond acceptors (Lipinski definition) is 4. The van der Waals surface area contributed by atoms with Crippen molar-refractivity contribution in [2.24, 2.45) is 11.1 Å². The number of rotatable bonds is 8. The number of amides is 2. The van der Waals surface area contributed by atoms with E-state index in [0.29, 0.717) is 25.4 Å². The van der Waals surface area contributed by atoms with Gasteiger partial charge in [-0.25, -0.2) is 13.6 Å². The molecule has 0 heterocycles. The van der Waals surface area contributed by atoms with Crippen molar-refractivity contribution < 1.29 is 18.0 Å². The molecule has 1 rings (SSSR count). The Bertz CT molecular complexity index is 669. The number of nitrogens with two attached hydrogens (primary N) is 1. The van der Waals surface area contributed by atoms with E-state index in [1.54, 1.807) is 12.1 Å². The van der Waals surface area contributed by atoms with Crippen molar-refractivity contribution in [2.45, 2.75) is 32.1 Å². The number of primary sulfonamides is 1. The Morgan fingerprint density at radius 1 is 1.21 bits per heavy atom. The molecule has 0 aliphatic rings. The van der Waals surface area contributed by atoms with E-state index in [2.05, 4.69) is 5.32 Å². The van der Waals surface area contributed by atoms with Crippen molar-refractivity contribution in [1.82, 2.24) is 10.2 Å².